The Balaban J connectivity index is 1.54. The summed E-state index contributed by atoms with van der Waals surface area (Å²) < 4.78 is 21.9. The topological polar surface area (TPSA) is 43.4 Å². The summed E-state index contributed by atoms with van der Waals surface area (Å²) in [6.45, 7) is 5.27. The van der Waals surface area contributed by atoms with E-state index in [4.69, 9.17) is 18.9 Å². The van der Waals surface area contributed by atoms with Crippen LogP contribution >= 0.6 is 0 Å². The van der Waals surface area contributed by atoms with Gasteiger partial charge in [-0.1, -0.05) is 12.1 Å². The number of methoxy groups -OCH3 is 4. The van der Waals surface area contributed by atoms with Gasteiger partial charge in [0.05, 0.1) is 34.0 Å². The Morgan fingerprint density at radius 2 is 1.56 bits per heavy atom. The van der Waals surface area contributed by atoms with Gasteiger partial charge in [-0.05, 0) is 56.5 Å². The summed E-state index contributed by atoms with van der Waals surface area (Å²) in [6.07, 6.45) is 3.61. The molecule has 0 amide bonds. The van der Waals surface area contributed by atoms with Crippen LogP contribution in [0.15, 0.2) is 36.4 Å². The summed E-state index contributed by atoms with van der Waals surface area (Å²) in [5, 5.41) is 0. The first kappa shape index (κ1) is 24.2. The fourth-order valence-corrected chi connectivity index (χ4v) is 4.59. The van der Waals surface area contributed by atoms with Crippen LogP contribution in [0.2, 0.25) is 0 Å². The second kappa shape index (κ2) is 12.0. The minimum atomic E-state index is 0.667. The van der Waals surface area contributed by atoms with E-state index in [1.54, 1.807) is 28.4 Å². The first-order valence-electron chi connectivity index (χ1n) is 11.4. The second-order valence-electron chi connectivity index (χ2n) is 8.61. The number of hydrogen-bond acceptors (Lipinski definition) is 6. The Hall–Kier alpha value is -2.44. The monoisotopic (exact) mass is 442 g/mol. The van der Waals surface area contributed by atoms with Crippen LogP contribution in [0.25, 0.3) is 0 Å². The zero-order valence-corrected chi connectivity index (χ0v) is 20.2. The zero-order valence-electron chi connectivity index (χ0n) is 20.2. The minimum Gasteiger partial charge on any atom is -0.497 e. The van der Waals surface area contributed by atoms with Crippen molar-refractivity contribution in [3.05, 3.63) is 47.5 Å². The molecule has 1 heterocycles. The summed E-state index contributed by atoms with van der Waals surface area (Å²) >= 11 is 0. The largest absolute Gasteiger partial charge is 0.497 e. The molecule has 6 nitrogen and oxygen atoms in total. The number of nitrogens with zero attached hydrogens (tertiary/aromatic N) is 2. The molecular weight excluding hydrogens is 404 g/mol. The van der Waals surface area contributed by atoms with Gasteiger partial charge in [-0.2, -0.15) is 0 Å². The molecule has 6 heteroatoms. The maximum Gasteiger partial charge on any atom is 0.130 e. The number of rotatable bonds is 11. The average Bonchev–Trinajstić information content (AvgIpc) is 2.83. The van der Waals surface area contributed by atoms with E-state index < -0.39 is 0 Å². The highest BCUT2D eigenvalue weighted by Gasteiger charge is 2.22. The molecule has 1 aliphatic heterocycles. The van der Waals surface area contributed by atoms with E-state index in [0.29, 0.717) is 5.92 Å². The van der Waals surface area contributed by atoms with E-state index >= 15 is 0 Å². The molecule has 0 aliphatic carbocycles. The van der Waals surface area contributed by atoms with Gasteiger partial charge < -0.3 is 28.7 Å². The van der Waals surface area contributed by atoms with Crippen LogP contribution in [0, 0.1) is 5.92 Å². The number of ether oxygens (including phenoxy) is 4. The van der Waals surface area contributed by atoms with Crippen LogP contribution in [0.1, 0.15) is 24.0 Å². The average molecular weight is 443 g/mol. The van der Waals surface area contributed by atoms with Crippen molar-refractivity contribution < 1.29 is 18.9 Å². The normalized spacial score (nSPS) is 16.8. The fraction of sp³-hybridized carbons (Fsp3) is 0.538. The molecule has 1 atom stereocenters. The summed E-state index contributed by atoms with van der Waals surface area (Å²) in [5.41, 5.74) is 2.43. The van der Waals surface area contributed by atoms with Crippen LogP contribution < -0.4 is 18.9 Å². The Kier molecular flexibility index (Phi) is 9.06. The van der Waals surface area contributed by atoms with Crippen LogP contribution in [0.5, 0.6) is 23.0 Å². The molecule has 3 rings (SSSR count). The third-order valence-corrected chi connectivity index (χ3v) is 6.29. The van der Waals surface area contributed by atoms with E-state index in [9.17, 15) is 0 Å². The van der Waals surface area contributed by atoms with Crippen LogP contribution in [-0.4, -0.2) is 71.5 Å². The number of benzene rings is 2. The first-order chi connectivity index (χ1) is 15.6. The lowest BCUT2D eigenvalue weighted by molar-refractivity contribution is 0.141. The highest BCUT2D eigenvalue weighted by atomic mass is 16.5. The molecule has 0 spiro atoms. The van der Waals surface area contributed by atoms with Crippen molar-refractivity contribution in [1.82, 2.24) is 9.80 Å². The maximum atomic E-state index is 5.62. The van der Waals surface area contributed by atoms with Gasteiger partial charge in [0.1, 0.15) is 23.0 Å². The smallest absolute Gasteiger partial charge is 0.130 e. The molecule has 0 saturated carbocycles. The predicted molar refractivity (Wildman–Crippen MR) is 128 cm³/mol. The molecule has 1 aliphatic rings. The van der Waals surface area contributed by atoms with Gasteiger partial charge in [0.25, 0.3) is 0 Å². The van der Waals surface area contributed by atoms with Crippen molar-refractivity contribution >= 4 is 0 Å². The van der Waals surface area contributed by atoms with Crippen LogP contribution in [0.4, 0.5) is 0 Å². The third-order valence-electron chi connectivity index (χ3n) is 6.29. The van der Waals surface area contributed by atoms with Crippen LogP contribution in [0.3, 0.4) is 0 Å². The Morgan fingerprint density at radius 3 is 2.16 bits per heavy atom. The summed E-state index contributed by atoms with van der Waals surface area (Å²) in [5.74, 6) is 3.93. The minimum absolute atomic E-state index is 0.667. The highest BCUT2D eigenvalue weighted by Crippen LogP contribution is 2.35. The summed E-state index contributed by atoms with van der Waals surface area (Å²) in [4.78, 5) is 4.99. The molecule has 0 aromatic heterocycles. The van der Waals surface area contributed by atoms with Crippen molar-refractivity contribution in [1.29, 1.82) is 0 Å². The van der Waals surface area contributed by atoms with Gasteiger partial charge in [0.2, 0.25) is 0 Å². The highest BCUT2D eigenvalue weighted by molar-refractivity contribution is 5.50. The maximum absolute atomic E-state index is 5.62. The molecule has 0 N–H and O–H groups in total. The lowest BCUT2D eigenvalue weighted by Gasteiger charge is -2.35. The predicted octanol–water partition coefficient (Wildman–Crippen LogP) is 4.11. The van der Waals surface area contributed by atoms with Crippen LogP contribution in [-0.2, 0) is 13.0 Å². The van der Waals surface area contributed by atoms with Crippen molar-refractivity contribution in [3.63, 3.8) is 0 Å². The fourth-order valence-electron chi connectivity index (χ4n) is 4.59. The molecule has 1 unspecified atom stereocenters. The number of hydrogen-bond donors (Lipinski definition) is 0. The zero-order chi connectivity index (χ0) is 22.9. The lowest BCUT2D eigenvalue weighted by atomic mass is 9.96. The molecular formula is C26H38N2O4. The van der Waals surface area contributed by atoms with E-state index in [1.165, 1.54) is 24.9 Å². The SMILES string of the molecule is COc1ccc(CCN2CCCC(CN(C)Cc3c(OC)cc(OC)cc3OC)C2)cc1. The molecule has 2 aromatic carbocycles. The summed E-state index contributed by atoms with van der Waals surface area (Å²) in [7, 11) is 8.93. The first-order valence-corrected chi connectivity index (χ1v) is 11.4. The molecule has 0 bridgehead atoms. The van der Waals surface area contributed by atoms with Crippen molar-refractivity contribution in [3.8, 4) is 23.0 Å². The lowest BCUT2D eigenvalue weighted by Crippen LogP contribution is -2.40. The van der Waals surface area contributed by atoms with Gasteiger partial charge in [-0.25, -0.2) is 0 Å². The molecule has 1 saturated heterocycles. The molecule has 32 heavy (non-hydrogen) atoms. The number of likely N-dealkylation sites (tertiary alicyclic amines) is 1. The van der Waals surface area contributed by atoms with Crippen molar-refractivity contribution in [2.45, 2.75) is 25.8 Å². The molecule has 2 aromatic rings. The van der Waals surface area contributed by atoms with E-state index in [1.807, 2.05) is 24.3 Å². The third kappa shape index (κ3) is 6.53. The van der Waals surface area contributed by atoms with E-state index in [2.05, 4.69) is 29.0 Å². The molecule has 1 fully saturated rings. The van der Waals surface area contributed by atoms with Gasteiger partial charge in [-0.15, -0.1) is 0 Å². The van der Waals surface area contributed by atoms with Crippen molar-refractivity contribution in [2.75, 3.05) is 61.7 Å². The summed E-state index contributed by atoms with van der Waals surface area (Å²) in [6, 6.07) is 12.3. The quantitative estimate of drug-likeness (QED) is 0.522. The number of piperidine rings is 1. The Labute approximate surface area is 193 Å². The second-order valence-corrected chi connectivity index (χ2v) is 8.61. The molecule has 0 radical (unpaired) electrons. The van der Waals surface area contributed by atoms with Gasteiger partial charge >= 0.3 is 0 Å². The Morgan fingerprint density at radius 1 is 0.906 bits per heavy atom. The van der Waals surface area contributed by atoms with Gasteiger partial charge in [0.15, 0.2) is 0 Å². The van der Waals surface area contributed by atoms with Crippen molar-refractivity contribution in [2.24, 2.45) is 5.92 Å². The van der Waals surface area contributed by atoms with Gasteiger partial charge in [-0.3, -0.25) is 0 Å². The van der Waals surface area contributed by atoms with E-state index in [0.717, 1.165) is 61.2 Å². The van der Waals surface area contributed by atoms with E-state index in [-0.39, 0.29) is 0 Å². The molecule has 176 valence electrons. The van der Waals surface area contributed by atoms with Gasteiger partial charge in [0, 0.05) is 38.3 Å². The standard InChI is InChI=1S/C26H38N2O4/c1-27(19-24-25(31-4)15-23(30-3)16-26(24)32-5)17-21-7-6-13-28(18-21)14-12-20-8-10-22(29-2)11-9-20/h8-11,15-16,21H,6-7,12-14,17-19H2,1-5H3. The Bertz CT molecular complexity index is 815.